The summed E-state index contributed by atoms with van der Waals surface area (Å²) in [5, 5.41) is 2.66. The SMILES string of the molecule is O=C1CN(C(=O)COC(=O)c2ccc[nH]c2=O)c2ccccc2N1. The van der Waals surface area contributed by atoms with E-state index in [1.165, 1.54) is 23.2 Å². The zero-order valence-corrected chi connectivity index (χ0v) is 12.4. The molecule has 1 aliphatic heterocycles. The minimum Gasteiger partial charge on any atom is -0.452 e. The molecule has 0 saturated carbocycles. The van der Waals surface area contributed by atoms with Crippen molar-refractivity contribution < 1.29 is 19.1 Å². The van der Waals surface area contributed by atoms with Crippen LogP contribution >= 0.6 is 0 Å². The Morgan fingerprint density at radius 3 is 2.71 bits per heavy atom. The molecule has 24 heavy (non-hydrogen) atoms. The first-order valence-electron chi connectivity index (χ1n) is 7.10. The molecule has 0 fully saturated rings. The van der Waals surface area contributed by atoms with Crippen molar-refractivity contribution in [3.8, 4) is 0 Å². The number of H-pyrrole nitrogens is 1. The van der Waals surface area contributed by atoms with Crippen LogP contribution in [0, 0.1) is 0 Å². The lowest BCUT2D eigenvalue weighted by Gasteiger charge is -2.28. The van der Waals surface area contributed by atoms with E-state index in [0.717, 1.165) is 0 Å². The molecular weight excluding hydrogens is 314 g/mol. The van der Waals surface area contributed by atoms with Crippen LogP contribution in [0.1, 0.15) is 10.4 Å². The first kappa shape index (κ1) is 15.5. The zero-order valence-electron chi connectivity index (χ0n) is 12.4. The number of fused-ring (bicyclic) bond motifs is 1. The fraction of sp³-hybridized carbons (Fsp3) is 0.125. The van der Waals surface area contributed by atoms with Crippen LogP contribution in [0.15, 0.2) is 47.4 Å². The maximum atomic E-state index is 12.3. The molecule has 0 aliphatic carbocycles. The summed E-state index contributed by atoms with van der Waals surface area (Å²) >= 11 is 0. The molecule has 2 heterocycles. The number of aromatic amines is 1. The molecule has 122 valence electrons. The summed E-state index contributed by atoms with van der Waals surface area (Å²) in [6.45, 7) is -0.742. The monoisotopic (exact) mass is 327 g/mol. The highest BCUT2D eigenvalue weighted by Crippen LogP contribution is 2.28. The van der Waals surface area contributed by atoms with Gasteiger partial charge in [0.15, 0.2) is 6.61 Å². The molecule has 3 rings (SSSR count). The number of nitrogens with one attached hydrogen (secondary N) is 2. The van der Waals surface area contributed by atoms with Gasteiger partial charge in [-0.05, 0) is 24.3 Å². The Bertz CT molecular complexity index is 874. The quantitative estimate of drug-likeness (QED) is 0.799. The van der Waals surface area contributed by atoms with Crippen LogP contribution in [0.5, 0.6) is 0 Å². The van der Waals surface area contributed by atoms with Gasteiger partial charge in [0.1, 0.15) is 12.1 Å². The number of benzene rings is 1. The number of amides is 2. The predicted molar refractivity (Wildman–Crippen MR) is 84.8 cm³/mol. The first-order chi connectivity index (χ1) is 11.6. The molecule has 0 saturated heterocycles. The Morgan fingerprint density at radius 2 is 1.92 bits per heavy atom. The van der Waals surface area contributed by atoms with Gasteiger partial charge in [0.2, 0.25) is 5.91 Å². The van der Waals surface area contributed by atoms with Gasteiger partial charge in [-0.2, -0.15) is 0 Å². The van der Waals surface area contributed by atoms with Crippen molar-refractivity contribution >= 4 is 29.2 Å². The summed E-state index contributed by atoms with van der Waals surface area (Å²) in [6, 6.07) is 9.58. The Morgan fingerprint density at radius 1 is 1.12 bits per heavy atom. The van der Waals surface area contributed by atoms with Crippen molar-refractivity contribution in [1.82, 2.24) is 4.98 Å². The summed E-state index contributed by atoms with van der Waals surface area (Å²) in [5.41, 5.74) is 0.239. The van der Waals surface area contributed by atoms with Gasteiger partial charge >= 0.3 is 5.97 Å². The number of carbonyl (C=O) groups is 3. The van der Waals surface area contributed by atoms with E-state index in [1.54, 1.807) is 24.3 Å². The number of pyridine rings is 1. The molecule has 8 nitrogen and oxygen atoms in total. The van der Waals surface area contributed by atoms with Gasteiger partial charge in [-0.3, -0.25) is 19.3 Å². The molecule has 0 atom stereocenters. The van der Waals surface area contributed by atoms with Crippen LogP contribution in [0.25, 0.3) is 0 Å². The Kier molecular flexibility index (Phi) is 4.11. The second-order valence-corrected chi connectivity index (χ2v) is 5.03. The summed E-state index contributed by atoms with van der Waals surface area (Å²) in [4.78, 5) is 51.0. The van der Waals surface area contributed by atoms with Crippen LogP contribution in [0.4, 0.5) is 11.4 Å². The number of nitrogens with zero attached hydrogens (tertiary/aromatic N) is 1. The average molecular weight is 327 g/mol. The first-order valence-corrected chi connectivity index (χ1v) is 7.10. The van der Waals surface area contributed by atoms with Gasteiger partial charge in [-0.25, -0.2) is 4.79 Å². The number of para-hydroxylation sites is 2. The standard InChI is InChI=1S/C16H13N3O5/c20-13-8-19(12-6-2-1-5-11(12)18-13)14(21)9-24-16(23)10-4-3-7-17-15(10)22/h1-7H,8-9H2,(H,17,22)(H,18,20). The third kappa shape index (κ3) is 3.02. The summed E-state index contributed by atoms with van der Waals surface area (Å²) in [7, 11) is 0. The van der Waals surface area contributed by atoms with Crippen molar-refractivity contribution in [2.75, 3.05) is 23.4 Å². The number of aromatic nitrogens is 1. The van der Waals surface area contributed by atoms with Gasteiger partial charge in [-0.1, -0.05) is 12.1 Å². The molecule has 0 spiro atoms. The smallest absolute Gasteiger partial charge is 0.344 e. The number of rotatable bonds is 3. The summed E-state index contributed by atoms with van der Waals surface area (Å²) in [6.07, 6.45) is 1.38. The lowest BCUT2D eigenvalue weighted by molar-refractivity contribution is -0.124. The fourth-order valence-electron chi connectivity index (χ4n) is 2.32. The average Bonchev–Trinajstić information content (AvgIpc) is 2.59. The van der Waals surface area contributed by atoms with Crippen LogP contribution in [0.3, 0.4) is 0 Å². The van der Waals surface area contributed by atoms with Crippen LogP contribution in [-0.2, 0) is 14.3 Å². The summed E-state index contributed by atoms with van der Waals surface area (Å²) in [5.74, 6) is -1.80. The number of carbonyl (C=O) groups excluding carboxylic acids is 3. The van der Waals surface area contributed by atoms with Crippen molar-refractivity contribution in [2.45, 2.75) is 0 Å². The Balaban J connectivity index is 1.72. The van der Waals surface area contributed by atoms with Crippen LogP contribution < -0.4 is 15.8 Å². The van der Waals surface area contributed by atoms with Crippen molar-refractivity contribution in [3.63, 3.8) is 0 Å². The third-order valence-corrected chi connectivity index (χ3v) is 3.44. The third-order valence-electron chi connectivity index (χ3n) is 3.44. The van der Waals surface area contributed by atoms with E-state index >= 15 is 0 Å². The summed E-state index contributed by atoms with van der Waals surface area (Å²) < 4.78 is 4.89. The largest absolute Gasteiger partial charge is 0.452 e. The molecule has 2 aromatic rings. The Labute approximate surface area is 136 Å². The Hall–Kier alpha value is -3.42. The second kappa shape index (κ2) is 6.37. The van der Waals surface area contributed by atoms with Crippen molar-refractivity contribution in [2.24, 2.45) is 0 Å². The normalized spacial score (nSPS) is 13.0. The second-order valence-electron chi connectivity index (χ2n) is 5.03. The highest BCUT2D eigenvalue weighted by atomic mass is 16.5. The lowest BCUT2D eigenvalue weighted by Crippen LogP contribution is -2.44. The van der Waals surface area contributed by atoms with Crippen LogP contribution in [0.2, 0.25) is 0 Å². The molecular formula is C16H13N3O5. The molecule has 0 radical (unpaired) electrons. The highest BCUT2D eigenvalue weighted by molar-refractivity contribution is 6.10. The van der Waals surface area contributed by atoms with Crippen molar-refractivity contribution in [3.05, 3.63) is 58.5 Å². The number of ether oxygens (including phenoxy) is 1. The van der Waals surface area contributed by atoms with E-state index in [0.29, 0.717) is 11.4 Å². The molecule has 8 heteroatoms. The van der Waals surface area contributed by atoms with Gasteiger partial charge < -0.3 is 15.0 Å². The topological polar surface area (TPSA) is 109 Å². The predicted octanol–water partition coefficient (Wildman–Crippen LogP) is 0.517. The van der Waals surface area contributed by atoms with E-state index < -0.39 is 24.0 Å². The van der Waals surface area contributed by atoms with Gasteiger partial charge in [0, 0.05) is 6.20 Å². The molecule has 0 unspecified atom stereocenters. The molecule has 1 aromatic heterocycles. The van der Waals surface area contributed by atoms with E-state index in [2.05, 4.69) is 10.3 Å². The van der Waals surface area contributed by atoms with Crippen molar-refractivity contribution in [1.29, 1.82) is 0 Å². The molecule has 1 aromatic carbocycles. The van der Waals surface area contributed by atoms with E-state index in [4.69, 9.17) is 4.74 Å². The maximum Gasteiger partial charge on any atom is 0.344 e. The number of esters is 1. The van der Waals surface area contributed by atoms with E-state index in [1.807, 2.05) is 0 Å². The molecule has 2 N–H and O–H groups in total. The fourth-order valence-corrected chi connectivity index (χ4v) is 2.32. The molecule has 1 aliphatic rings. The lowest BCUT2D eigenvalue weighted by atomic mass is 10.2. The number of anilines is 2. The number of hydrogen-bond donors (Lipinski definition) is 2. The van der Waals surface area contributed by atoms with Gasteiger partial charge in [0.25, 0.3) is 11.5 Å². The molecule has 0 bridgehead atoms. The minimum atomic E-state index is -0.903. The zero-order chi connectivity index (χ0) is 17.1. The van der Waals surface area contributed by atoms with Crippen LogP contribution in [-0.4, -0.2) is 35.9 Å². The van der Waals surface area contributed by atoms with Gasteiger partial charge in [-0.15, -0.1) is 0 Å². The van der Waals surface area contributed by atoms with E-state index in [-0.39, 0.29) is 18.0 Å². The minimum absolute atomic E-state index is 0.167. The maximum absolute atomic E-state index is 12.3. The molecule has 2 amide bonds. The highest BCUT2D eigenvalue weighted by Gasteiger charge is 2.27. The van der Waals surface area contributed by atoms with E-state index in [9.17, 15) is 19.2 Å². The van der Waals surface area contributed by atoms with Gasteiger partial charge in [0.05, 0.1) is 11.4 Å². The number of hydrogen-bond acceptors (Lipinski definition) is 5.